The maximum atomic E-state index is 11.9. The van der Waals surface area contributed by atoms with Gasteiger partial charge in [0.25, 0.3) is 5.69 Å². The van der Waals surface area contributed by atoms with E-state index in [9.17, 15) is 32.9 Å². The monoisotopic (exact) mass is 319 g/mol. The van der Waals surface area contributed by atoms with Gasteiger partial charge in [0.1, 0.15) is 6.54 Å². The molecule has 0 unspecified atom stereocenters. The van der Waals surface area contributed by atoms with Crippen LogP contribution in [0.2, 0.25) is 0 Å². The van der Waals surface area contributed by atoms with E-state index >= 15 is 0 Å². The molecule has 0 heterocycles. The summed E-state index contributed by atoms with van der Waals surface area (Å²) in [4.78, 5) is 32.6. The molecule has 1 rings (SSSR count). The number of rotatable bonds is 6. The highest BCUT2D eigenvalue weighted by Crippen LogP contribution is 2.23. The molecule has 0 saturated heterocycles. The molecule has 120 valence electrons. The van der Waals surface area contributed by atoms with E-state index in [1.165, 1.54) is 6.07 Å². The lowest BCUT2D eigenvalue weighted by atomic mass is 10.1. The third kappa shape index (κ3) is 5.38. The van der Waals surface area contributed by atoms with Gasteiger partial charge in [-0.05, 0) is 19.1 Å². The number of nitrogens with one attached hydrogen (secondary N) is 2. The molecule has 0 aliphatic heterocycles. The molecular formula is C12H12F3N3O4. The predicted octanol–water partition coefficient (Wildman–Crippen LogP) is 1.89. The summed E-state index contributed by atoms with van der Waals surface area (Å²) in [5.41, 5.74) is -0.344. The van der Waals surface area contributed by atoms with Crippen molar-refractivity contribution >= 4 is 23.1 Å². The van der Waals surface area contributed by atoms with E-state index in [1.807, 2.05) is 0 Å². The highest BCUT2D eigenvalue weighted by Gasteiger charge is 2.27. The number of alkyl halides is 3. The van der Waals surface area contributed by atoms with Crippen LogP contribution in [-0.4, -0.2) is 35.9 Å². The van der Waals surface area contributed by atoms with Gasteiger partial charge in [-0.2, -0.15) is 13.2 Å². The van der Waals surface area contributed by atoms with Crippen molar-refractivity contribution in [2.45, 2.75) is 13.1 Å². The molecule has 1 aromatic carbocycles. The molecule has 0 fully saturated rings. The van der Waals surface area contributed by atoms with Crippen molar-refractivity contribution in [3.05, 3.63) is 33.9 Å². The third-order valence-electron chi connectivity index (χ3n) is 2.51. The molecule has 0 bridgehead atoms. The van der Waals surface area contributed by atoms with Crippen molar-refractivity contribution in [2.75, 3.05) is 18.4 Å². The van der Waals surface area contributed by atoms with Crippen LogP contribution in [0.3, 0.4) is 0 Å². The van der Waals surface area contributed by atoms with Gasteiger partial charge in [0, 0.05) is 11.8 Å². The van der Waals surface area contributed by atoms with E-state index in [-0.39, 0.29) is 16.9 Å². The van der Waals surface area contributed by atoms with Gasteiger partial charge in [-0.3, -0.25) is 19.7 Å². The van der Waals surface area contributed by atoms with E-state index in [0.717, 1.165) is 19.1 Å². The number of benzene rings is 1. The summed E-state index contributed by atoms with van der Waals surface area (Å²) in [5.74, 6) is -1.45. The maximum absolute atomic E-state index is 11.9. The van der Waals surface area contributed by atoms with E-state index in [4.69, 9.17) is 0 Å². The van der Waals surface area contributed by atoms with Gasteiger partial charge in [0.05, 0.1) is 17.0 Å². The quantitative estimate of drug-likeness (QED) is 0.473. The fraction of sp³-hybridized carbons (Fsp3) is 0.333. The van der Waals surface area contributed by atoms with Gasteiger partial charge in [0.15, 0.2) is 5.78 Å². The Morgan fingerprint density at radius 3 is 2.45 bits per heavy atom. The number of nitro groups is 1. The summed E-state index contributed by atoms with van der Waals surface area (Å²) in [6, 6.07) is 3.49. The van der Waals surface area contributed by atoms with Crippen LogP contribution in [0.15, 0.2) is 18.2 Å². The van der Waals surface area contributed by atoms with Crippen LogP contribution in [0.25, 0.3) is 0 Å². The number of Topliss-reactive ketones (excluding diaryl/α,β-unsaturated/α-hetero) is 1. The Morgan fingerprint density at radius 1 is 1.32 bits per heavy atom. The Kier molecular flexibility index (Phi) is 5.44. The number of hydrogen-bond acceptors (Lipinski definition) is 5. The number of halogens is 3. The summed E-state index contributed by atoms with van der Waals surface area (Å²) in [6.07, 6.45) is -4.51. The Labute approximate surface area is 122 Å². The number of nitrogens with zero attached hydrogens (tertiary/aromatic N) is 1. The second-order valence-corrected chi connectivity index (χ2v) is 4.29. The van der Waals surface area contributed by atoms with Crippen LogP contribution in [0, 0.1) is 10.1 Å². The summed E-state index contributed by atoms with van der Waals surface area (Å²) < 4.78 is 35.7. The molecule has 0 radical (unpaired) electrons. The van der Waals surface area contributed by atoms with Crippen LogP contribution in [0.5, 0.6) is 0 Å². The van der Waals surface area contributed by atoms with E-state index in [1.54, 1.807) is 5.32 Å². The zero-order valence-electron chi connectivity index (χ0n) is 11.4. The first-order valence-corrected chi connectivity index (χ1v) is 5.97. The average Bonchev–Trinajstić information content (AvgIpc) is 2.41. The molecule has 7 nitrogen and oxygen atoms in total. The molecule has 1 amide bonds. The molecule has 0 atom stereocenters. The molecule has 22 heavy (non-hydrogen) atoms. The minimum atomic E-state index is -4.51. The predicted molar refractivity (Wildman–Crippen MR) is 70.7 cm³/mol. The van der Waals surface area contributed by atoms with Gasteiger partial charge in [0.2, 0.25) is 5.91 Å². The van der Waals surface area contributed by atoms with E-state index in [0.29, 0.717) is 0 Å². The van der Waals surface area contributed by atoms with Crippen molar-refractivity contribution in [1.29, 1.82) is 0 Å². The van der Waals surface area contributed by atoms with Crippen LogP contribution in [0.4, 0.5) is 24.5 Å². The Balaban J connectivity index is 2.71. The molecular weight excluding hydrogens is 307 g/mol. The van der Waals surface area contributed by atoms with Crippen molar-refractivity contribution in [1.82, 2.24) is 5.32 Å². The zero-order chi connectivity index (χ0) is 16.9. The number of nitro benzene ring substituents is 1. The highest BCUT2D eigenvalue weighted by atomic mass is 19.4. The molecule has 0 spiro atoms. The minimum absolute atomic E-state index is 0.161. The fourth-order valence-electron chi connectivity index (χ4n) is 1.53. The standard InChI is InChI=1S/C12H12F3N3O4/c1-7(19)9-4-8(2-3-10(9)18(21)22)16-5-11(20)17-6-12(13,14)15/h2-4,16H,5-6H2,1H3,(H,17,20). The molecule has 0 saturated carbocycles. The lowest BCUT2D eigenvalue weighted by molar-refractivity contribution is -0.385. The largest absolute Gasteiger partial charge is 0.405 e. The van der Waals surface area contributed by atoms with Crippen LogP contribution in [-0.2, 0) is 4.79 Å². The van der Waals surface area contributed by atoms with Crippen LogP contribution >= 0.6 is 0 Å². The number of carbonyl (C=O) groups is 2. The lowest BCUT2D eigenvalue weighted by Crippen LogP contribution is -2.37. The van der Waals surface area contributed by atoms with Gasteiger partial charge >= 0.3 is 6.18 Å². The average molecular weight is 319 g/mol. The van der Waals surface area contributed by atoms with Gasteiger partial charge in [-0.15, -0.1) is 0 Å². The summed E-state index contributed by atoms with van der Waals surface area (Å²) in [5, 5.41) is 14.9. The van der Waals surface area contributed by atoms with Crippen molar-refractivity contribution in [3.63, 3.8) is 0 Å². The topological polar surface area (TPSA) is 101 Å². The Morgan fingerprint density at radius 2 is 1.95 bits per heavy atom. The number of anilines is 1. The second-order valence-electron chi connectivity index (χ2n) is 4.29. The fourth-order valence-corrected chi connectivity index (χ4v) is 1.53. The van der Waals surface area contributed by atoms with Crippen molar-refractivity contribution in [3.8, 4) is 0 Å². The zero-order valence-corrected chi connectivity index (χ0v) is 11.4. The number of carbonyl (C=O) groups excluding carboxylic acids is 2. The van der Waals surface area contributed by atoms with Gasteiger partial charge in [-0.1, -0.05) is 0 Å². The first-order valence-electron chi connectivity index (χ1n) is 5.97. The van der Waals surface area contributed by atoms with Crippen molar-refractivity contribution < 1.29 is 27.7 Å². The second kappa shape index (κ2) is 6.87. The first kappa shape index (κ1) is 17.4. The molecule has 0 aromatic heterocycles. The molecule has 0 aliphatic rings. The number of amides is 1. The maximum Gasteiger partial charge on any atom is 0.405 e. The SMILES string of the molecule is CC(=O)c1cc(NCC(=O)NCC(F)(F)F)ccc1[N+](=O)[O-]. The summed E-state index contributed by atoms with van der Waals surface area (Å²) in [7, 11) is 0. The minimum Gasteiger partial charge on any atom is -0.376 e. The number of hydrogen-bond donors (Lipinski definition) is 2. The normalized spacial score (nSPS) is 10.9. The van der Waals surface area contributed by atoms with Gasteiger partial charge in [-0.25, -0.2) is 0 Å². The smallest absolute Gasteiger partial charge is 0.376 e. The van der Waals surface area contributed by atoms with Crippen molar-refractivity contribution in [2.24, 2.45) is 0 Å². The molecule has 0 aliphatic carbocycles. The van der Waals surface area contributed by atoms with Gasteiger partial charge < -0.3 is 10.6 Å². The first-order chi connectivity index (χ1) is 10.1. The molecule has 2 N–H and O–H groups in total. The Bertz CT molecular complexity index is 602. The highest BCUT2D eigenvalue weighted by molar-refractivity contribution is 5.99. The van der Waals surface area contributed by atoms with E-state index in [2.05, 4.69) is 5.32 Å². The van der Waals surface area contributed by atoms with E-state index < -0.39 is 35.9 Å². The van der Waals surface area contributed by atoms with Crippen LogP contribution < -0.4 is 10.6 Å². The molecule has 10 heteroatoms. The molecule has 1 aromatic rings. The summed E-state index contributed by atoms with van der Waals surface area (Å²) >= 11 is 0. The third-order valence-corrected chi connectivity index (χ3v) is 2.51. The Hall–Kier alpha value is -2.65. The summed E-state index contributed by atoms with van der Waals surface area (Å²) in [6.45, 7) is -0.778. The lowest BCUT2D eigenvalue weighted by Gasteiger charge is -2.10. The van der Waals surface area contributed by atoms with Crippen LogP contribution in [0.1, 0.15) is 17.3 Å². The number of ketones is 1.